The van der Waals surface area contributed by atoms with Crippen LogP contribution in [-0.2, 0) is 0 Å². The lowest BCUT2D eigenvalue weighted by Gasteiger charge is -1.95. The molecule has 2 N–H and O–H groups in total. The van der Waals surface area contributed by atoms with E-state index >= 15 is 0 Å². The molecule has 2 rings (SSSR count). The summed E-state index contributed by atoms with van der Waals surface area (Å²) in [6.45, 7) is 0. The molecule has 0 bridgehead atoms. The smallest absolute Gasteiger partial charge is 0.260 e. The first-order valence-corrected chi connectivity index (χ1v) is 4.46. The lowest BCUT2D eigenvalue weighted by molar-refractivity contribution is 0.913. The molecule has 0 aliphatic rings. The summed E-state index contributed by atoms with van der Waals surface area (Å²) in [6.07, 6.45) is 4.54. The van der Waals surface area contributed by atoms with Crippen LogP contribution in [0.5, 0.6) is 0 Å². The average Bonchev–Trinajstić information content (AvgIpc) is 2.30. The van der Waals surface area contributed by atoms with Gasteiger partial charge < -0.3 is 0 Å². The van der Waals surface area contributed by atoms with Gasteiger partial charge in [-0.05, 0) is 12.1 Å². The van der Waals surface area contributed by atoms with Crippen molar-refractivity contribution in [2.75, 3.05) is 5.43 Å². The van der Waals surface area contributed by atoms with Crippen molar-refractivity contribution in [2.24, 2.45) is 5.10 Å². The van der Waals surface area contributed by atoms with Gasteiger partial charge in [-0.1, -0.05) is 6.07 Å². The SMILES string of the molecule is O=c1nc(N/N=C\c2ccccn2)cn[nH]1. The van der Waals surface area contributed by atoms with Crippen LogP contribution in [-0.4, -0.2) is 26.4 Å². The second-order valence-corrected chi connectivity index (χ2v) is 2.80. The summed E-state index contributed by atoms with van der Waals surface area (Å²) in [5.74, 6) is 0.274. The number of nitrogens with one attached hydrogen (secondary N) is 2. The molecule has 2 aromatic heterocycles. The molecular weight excluding hydrogens is 208 g/mol. The van der Waals surface area contributed by atoms with Gasteiger partial charge in [-0.25, -0.2) is 9.89 Å². The molecule has 0 spiro atoms. The zero-order valence-corrected chi connectivity index (χ0v) is 8.16. The van der Waals surface area contributed by atoms with Gasteiger partial charge in [0.1, 0.15) is 0 Å². The van der Waals surface area contributed by atoms with E-state index < -0.39 is 5.69 Å². The summed E-state index contributed by atoms with van der Waals surface area (Å²) in [5, 5.41) is 9.58. The minimum atomic E-state index is -0.530. The van der Waals surface area contributed by atoms with Crippen molar-refractivity contribution in [2.45, 2.75) is 0 Å². The second kappa shape index (κ2) is 4.78. The zero-order valence-electron chi connectivity index (χ0n) is 8.16. The van der Waals surface area contributed by atoms with E-state index in [1.165, 1.54) is 12.4 Å². The molecule has 0 aromatic carbocycles. The highest BCUT2D eigenvalue weighted by Gasteiger charge is 1.92. The first-order valence-electron chi connectivity index (χ1n) is 4.46. The number of hydrogen-bond acceptors (Lipinski definition) is 6. The summed E-state index contributed by atoms with van der Waals surface area (Å²) >= 11 is 0. The first kappa shape index (κ1) is 9.97. The lowest BCUT2D eigenvalue weighted by Crippen LogP contribution is -2.13. The van der Waals surface area contributed by atoms with Crippen molar-refractivity contribution in [1.29, 1.82) is 0 Å². The van der Waals surface area contributed by atoms with E-state index in [4.69, 9.17) is 0 Å². The predicted molar refractivity (Wildman–Crippen MR) is 58.1 cm³/mol. The molecule has 0 aliphatic carbocycles. The minimum Gasteiger partial charge on any atom is -0.260 e. The number of pyridine rings is 1. The molecule has 0 fully saturated rings. The van der Waals surface area contributed by atoms with Gasteiger partial charge in [0.05, 0.1) is 18.1 Å². The van der Waals surface area contributed by atoms with Crippen LogP contribution in [0.25, 0.3) is 0 Å². The lowest BCUT2D eigenvalue weighted by atomic mass is 10.4. The number of rotatable bonds is 3. The van der Waals surface area contributed by atoms with Crippen LogP contribution in [0.15, 0.2) is 40.5 Å². The number of hydrogen-bond donors (Lipinski definition) is 2. The first-order chi connectivity index (χ1) is 7.84. The summed E-state index contributed by atoms with van der Waals surface area (Å²) in [4.78, 5) is 18.4. The number of anilines is 1. The summed E-state index contributed by atoms with van der Waals surface area (Å²) in [5.41, 5.74) is 2.74. The Bertz CT molecular complexity index is 535. The molecule has 0 saturated carbocycles. The van der Waals surface area contributed by atoms with E-state index in [9.17, 15) is 4.79 Å². The van der Waals surface area contributed by atoms with E-state index in [1.807, 2.05) is 12.1 Å². The molecule has 16 heavy (non-hydrogen) atoms. The highest BCUT2D eigenvalue weighted by molar-refractivity contribution is 5.77. The van der Waals surface area contributed by atoms with Crippen LogP contribution in [0.4, 0.5) is 5.82 Å². The van der Waals surface area contributed by atoms with Crippen LogP contribution in [0.1, 0.15) is 5.69 Å². The highest BCUT2D eigenvalue weighted by atomic mass is 16.1. The number of nitrogens with zero attached hydrogens (tertiary/aromatic N) is 4. The third-order valence-electron chi connectivity index (χ3n) is 1.63. The Morgan fingerprint density at radius 3 is 3.12 bits per heavy atom. The number of aromatic amines is 1. The van der Waals surface area contributed by atoms with Crippen LogP contribution < -0.4 is 11.1 Å². The van der Waals surface area contributed by atoms with Crippen molar-refractivity contribution in [3.8, 4) is 0 Å². The Labute approximate surface area is 90.3 Å². The number of hydrazone groups is 1. The third-order valence-corrected chi connectivity index (χ3v) is 1.63. The Morgan fingerprint density at radius 2 is 2.38 bits per heavy atom. The fourth-order valence-electron chi connectivity index (χ4n) is 0.983. The van der Waals surface area contributed by atoms with Crippen LogP contribution >= 0.6 is 0 Å². The van der Waals surface area contributed by atoms with Crippen LogP contribution in [0.3, 0.4) is 0 Å². The molecule has 0 atom stereocenters. The molecule has 0 radical (unpaired) electrons. The summed E-state index contributed by atoms with van der Waals surface area (Å²) in [7, 11) is 0. The predicted octanol–water partition coefficient (Wildman–Crippen LogP) is 0.00590. The van der Waals surface area contributed by atoms with Gasteiger partial charge in [0.25, 0.3) is 0 Å². The van der Waals surface area contributed by atoms with Crippen molar-refractivity contribution >= 4 is 12.0 Å². The molecule has 7 heteroatoms. The van der Waals surface area contributed by atoms with Crippen molar-refractivity contribution in [3.63, 3.8) is 0 Å². The van der Waals surface area contributed by atoms with Crippen molar-refractivity contribution in [3.05, 3.63) is 46.8 Å². The van der Waals surface area contributed by atoms with Crippen molar-refractivity contribution < 1.29 is 0 Å². The summed E-state index contributed by atoms with van der Waals surface area (Å²) < 4.78 is 0. The Hall–Kier alpha value is -2.57. The maximum Gasteiger partial charge on any atom is 0.363 e. The highest BCUT2D eigenvalue weighted by Crippen LogP contribution is 1.93. The topological polar surface area (TPSA) is 95.9 Å². The average molecular weight is 216 g/mol. The van der Waals surface area contributed by atoms with Gasteiger partial charge in [0, 0.05) is 6.20 Å². The molecule has 0 amide bonds. The van der Waals surface area contributed by atoms with E-state index in [2.05, 4.69) is 30.7 Å². The third kappa shape index (κ3) is 2.71. The monoisotopic (exact) mass is 216 g/mol. The van der Waals surface area contributed by atoms with Crippen molar-refractivity contribution in [1.82, 2.24) is 20.2 Å². The normalized spacial score (nSPS) is 10.5. The van der Waals surface area contributed by atoms with Gasteiger partial charge >= 0.3 is 5.69 Å². The number of aromatic nitrogens is 4. The molecule has 0 aliphatic heterocycles. The van der Waals surface area contributed by atoms with E-state index in [-0.39, 0.29) is 5.82 Å². The Morgan fingerprint density at radius 1 is 1.44 bits per heavy atom. The van der Waals surface area contributed by atoms with Gasteiger partial charge in [-0.15, -0.1) is 0 Å². The molecule has 80 valence electrons. The van der Waals surface area contributed by atoms with E-state index in [0.29, 0.717) is 5.69 Å². The molecule has 7 nitrogen and oxygen atoms in total. The fourth-order valence-corrected chi connectivity index (χ4v) is 0.983. The zero-order chi connectivity index (χ0) is 11.2. The molecular formula is C9H8N6O. The molecule has 0 unspecified atom stereocenters. The largest absolute Gasteiger partial charge is 0.363 e. The van der Waals surface area contributed by atoms with Gasteiger partial charge in [-0.2, -0.15) is 15.2 Å². The van der Waals surface area contributed by atoms with Gasteiger partial charge in [0.2, 0.25) is 0 Å². The van der Waals surface area contributed by atoms with Crippen LogP contribution in [0, 0.1) is 0 Å². The van der Waals surface area contributed by atoms with E-state index in [0.717, 1.165) is 0 Å². The molecule has 2 aromatic rings. The number of H-pyrrole nitrogens is 1. The maximum absolute atomic E-state index is 10.8. The standard InChI is InChI=1S/C9H8N6O/c16-9-13-8(6-12-15-9)14-11-5-7-3-1-2-4-10-7/h1-6H,(H2,13,14,15,16)/b11-5-. The summed E-state index contributed by atoms with van der Waals surface area (Å²) in [6, 6.07) is 5.46. The quantitative estimate of drug-likeness (QED) is 0.556. The van der Waals surface area contributed by atoms with Crippen LogP contribution in [0.2, 0.25) is 0 Å². The Kier molecular flexibility index (Phi) is 2.98. The maximum atomic E-state index is 10.8. The molecule has 2 heterocycles. The van der Waals surface area contributed by atoms with Gasteiger partial charge in [0.15, 0.2) is 5.82 Å². The fraction of sp³-hybridized carbons (Fsp3) is 0. The Balaban J connectivity index is 2.03. The van der Waals surface area contributed by atoms with E-state index in [1.54, 1.807) is 12.3 Å². The molecule has 0 saturated heterocycles. The second-order valence-electron chi connectivity index (χ2n) is 2.80. The van der Waals surface area contributed by atoms with Gasteiger partial charge in [-0.3, -0.25) is 10.4 Å². The minimum absolute atomic E-state index is 0.274.